The summed E-state index contributed by atoms with van der Waals surface area (Å²) in [6.07, 6.45) is 6.61. The van der Waals surface area contributed by atoms with Crippen LogP contribution >= 0.6 is 0 Å². The molecule has 4 N–H and O–H groups in total. The molecule has 2 aliphatic rings. The van der Waals surface area contributed by atoms with Gasteiger partial charge >= 0.3 is 5.97 Å². The lowest BCUT2D eigenvalue weighted by atomic mass is 9.79. The van der Waals surface area contributed by atoms with Crippen LogP contribution in [0.3, 0.4) is 0 Å². The second-order valence-electron chi connectivity index (χ2n) is 9.40. The Kier molecular flexibility index (Phi) is 7.89. The Balaban J connectivity index is 1.33. The normalized spacial score (nSPS) is 21.4. The van der Waals surface area contributed by atoms with Crippen molar-refractivity contribution >= 4 is 17.7 Å². The van der Waals surface area contributed by atoms with Crippen LogP contribution in [0.5, 0.6) is 0 Å². The highest BCUT2D eigenvalue weighted by atomic mass is 16.5. The minimum atomic E-state index is -1.09. The number of nitrogens with one attached hydrogen (secondary N) is 2. The SMILES string of the molecule is CC(C)(CO)C(=O)N[C@@H](CCO[C@H]1C[C@H](CCc2ccc3c(n2)NCCC3)C1)C(=O)O. The molecule has 8 heteroatoms. The van der Waals surface area contributed by atoms with Crippen LogP contribution in [0.25, 0.3) is 0 Å². The predicted molar refractivity (Wildman–Crippen MR) is 117 cm³/mol. The van der Waals surface area contributed by atoms with Crippen molar-refractivity contribution in [1.82, 2.24) is 10.3 Å². The van der Waals surface area contributed by atoms with Crippen LogP contribution in [0.15, 0.2) is 12.1 Å². The van der Waals surface area contributed by atoms with Gasteiger partial charge in [-0.25, -0.2) is 9.78 Å². The Morgan fingerprint density at radius 3 is 2.84 bits per heavy atom. The summed E-state index contributed by atoms with van der Waals surface area (Å²) < 4.78 is 5.82. The number of carbonyl (C=O) groups is 2. The molecule has 1 saturated carbocycles. The topological polar surface area (TPSA) is 121 Å². The van der Waals surface area contributed by atoms with Gasteiger partial charge < -0.3 is 25.6 Å². The van der Waals surface area contributed by atoms with Crippen LogP contribution in [0, 0.1) is 11.3 Å². The Labute approximate surface area is 183 Å². The quantitative estimate of drug-likeness (QED) is 0.422. The third-order valence-corrected chi connectivity index (χ3v) is 6.33. The van der Waals surface area contributed by atoms with E-state index in [0.717, 1.165) is 56.6 Å². The first-order chi connectivity index (χ1) is 14.8. The average molecular weight is 434 g/mol. The second-order valence-corrected chi connectivity index (χ2v) is 9.40. The molecule has 0 radical (unpaired) electrons. The summed E-state index contributed by atoms with van der Waals surface area (Å²) in [5.41, 5.74) is 1.42. The van der Waals surface area contributed by atoms with E-state index in [1.807, 2.05) is 0 Å². The number of carboxylic acids is 1. The number of rotatable bonds is 11. The third kappa shape index (κ3) is 6.40. The van der Waals surface area contributed by atoms with E-state index in [2.05, 4.69) is 22.8 Å². The van der Waals surface area contributed by atoms with E-state index < -0.39 is 23.3 Å². The first kappa shape index (κ1) is 23.5. The van der Waals surface area contributed by atoms with Crippen molar-refractivity contribution in [1.29, 1.82) is 0 Å². The van der Waals surface area contributed by atoms with Crippen molar-refractivity contribution in [2.75, 3.05) is 25.1 Å². The predicted octanol–water partition coefficient (Wildman–Crippen LogP) is 2.15. The zero-order valence-electron chi connectivity index (χ0n) is 18.5. The average Bonchev–Trinajstić information content (AvgIpc) is 2.73. The van der Waals surface area contributed by atoms with Crippen molar-refractivity contribution < 1.29 is 24.5 Å². The number of pyridine rings is 1. The maximum Gasteiger partial charge on any atom is 0.326 e. The molecule has 2 heterocycles. The molecule has 1 aromatic rings. The molecule has 172 valence electrons. The standard InChI is InChI=1S/C23H35N3O5/c1-23(2,14-27)22(30)26-19(21(28)29)9-11-31-18-12-15(13-18)5-7-17-8-6-16-4-3-10-24-20(16)25-17/h6,8,15,18-19,27H,3-5,7,9-14H2,1-2H3,(H,24,25)(H,26,30)(H,28,29)/t15-,18-,19-/m0/s1. The lowest BCUT2D eigenvalue weighted by Gasteiger charge is -2.35. The van der Waals surface area contributed by atoms with Gasteiger partial charge in [-0.05, 0) is 69.9 Å². The molecular formula is C23H35N3O5. The Morgan fingerprint density at radius 1 is 1.35 bits per heavy atom. The van der Waals surface area contributed by atoms with Crippen molar-refractivity contribution in [2.45, 2.75) is 70.9 Å². The van der Waals surface area contributed by atoms with E-state index in [4.69, 9.17) is 9.72 Å². The van der Waals surface area contributed by atoms with E-state index >= 15 is 0 Å². The number of hydrogen-bond acceptors (Lipinski definition) is 6. The number of amides is 1. The summed E-state index contributed by atoms with van der Waals surface area (Å²) in [5, 5.41) is 24.5. The molecule has 1 fully saturated rings. The smallest absolute Gasteiger partial charge is 0.326 e. The summed E-state index contributed by atoms with van der Waals surface area (Å²) in [5.74, 6) is 0.0819. The zero-order valence-corrected chi connectivity index (χ0v) is 18.5. The first-order valence-corrected chi connectivity index (χ1v) is 11.3. The van der Waals surface area contributed by atoms with E-state index in [1.165, 1.54) is 5.56 Å². The molecule has 8 nitrogen and oxygen atoms in total. The Hall–Kier alpha value is -2.19. The summed E-state index contributed by atoms with van der Waals surface area (Å²) in [6.45, 7) is 4.08. The van der Waals surface area contributed by atoms with E-state index in [0.29, 0.717) is 5.92 Å². The molecule has 0 aromatic carbocycles. The van der Waals surface area contributed by atoms with Crippen LogP contribution in [-0.4, -0.2) is 59.0 Å². The number of ether oxygens (including phenoxy) is 1. The summed E-state index contributed by atoms with van der Waals surface area (Å²) >= 11 is 0. The number of aromatic nitrogens is 1. The summed E-state index contributed by atoms with van der Waals surface area (Å²) in [4.78, 5) is 28.3. The molecule has 31 heavy (non-hydrogen) atoms. The number of hydrogen-bond donors (Lipinski definition) is 4. The highest BCUT2D eigenvalue weighted by Gasteiger charge is 2.32. The highest BCUT2D eigenvalue weighted by Crippen LogP contribution is 2.34. The van der Waals surface area contributed by atoms with Crippen LogP contribution in [0.4, 0.5) is 5.82 Å². The maximum atomic E-state index is 12.1. The fourth-order valence-electron chi connectivity index (χ4n) is 3.94. The molecule has 0 bridgehead atoms. The molecule has 0 unspecified atom stereocenters. The minimum Gasteiger partial charge on any atom is -0.480 e. The number of carbonyl (C=O) groups excluding carboxylic acids is 1. The molecular weight excluding hydrogens is 398 g/mol. The largest absolute Gasteiger partial charge is 0.480 e. The molecule has 1 atom stereocenters. The van der Waals surface area contributed by atoms with Gasteiger partial charge in [-0.15, -0.1) is 0 Å². The number of aliphatic hydroxyl groups excluding tert-OH is 1. The van der Waals surface area contributed by atoms with Gasteiger partial charge in [-0.2, -0.15) is 0 Å². The van der Waals surface area contributed by atoms with Gasteiger partial charge in [0.05, 0.1) is 18.1 Å². The van der Waals surface area contributed by atoms with Gasteiger partial charge in [0.1, 0.15) is 11.9 Å². The monoisotopic (exact) mass is 433 g/mol. The molecule has 1 aromatic heterocycles. The lowest BCUT2D eigenvalue weighted by molar-refractivity contribution is -0.145. The molecule has 1 aliphatic heterocycles. The van der Waals surface area contributed by atoms with E-state index in [9.17, 15) is 19.8 Å². The van der Waals surface area contributed by atoms with Gasteiger partial charge in [0.25, 0.3) is 0 Å². The van der Waals surface area contributed by atoms with Crippen molar-refractivity contribution in [3.8, 4) is 0 Å². The van der Waals surface area contributed by atoms with Gasteiger partial charge in [0.15, 0.2) is 0 Å². The van der Waals surface area contributed by atoms with Crippen LogP contribution in [0.2, 0.25) is 0 Å². The van der Waals surface area contributed by atoms with Crippen LogP contribution < -0.4 is 10.6 Å². The Bertz CT molecular complexity index is 776. The second kappa shape index (κ2) is 10.4. The van der Waals surface area contributed by atoms with Crippen molar-refractivity contribution in [3.63, 3.8) is 0 Å². The lowest BCUT2D eigenvalue weighted by Crippen LogP contribution is -2.48. The van der Waals surface area contributed by atoms with Crippen molar-refractivity contribution in [2.24, 2.45) is 11.3 Å². The number of aryl methyl sites for hydroxylation is 2. The highest BCUT2D eigenvalue weighted by molar-refractivity contribution is 5.87. The van der Waals surface area contributed by atoms with Crippen LogP contribution in [-0.2, 0) is 27.2 Å². The van der Waals surface area contributed by atoms with Crippen LogP contribution in [0.1, 0.15) is 57.2 Å². The van der Waals surface area contributed by atoms with Gasteiger partial charge in [0.2, 0.25) is 5.91 Å². The minimum absolute atomic E-state index is 0.155. The fraction of sp³-hybridized carbons (Fsp3) is 0.696. The van der Waals surface area contributed by atoms with Gasteiger partial charge in [-0.3, -0.25) is 4.79 Å². The first-order valence-electron chi connectivity index (χ1n) is 11.3. The number of carboxylic acid groups (broad SMARTS) is 1. The third-order valence-electron chi connectivity index (χ3n) is 6.33. The molecule has 1 aliphatic carbocycles. The maximum absolute atomic E-state index is 12.1. The number of fused-ring (bicyclic) bond motifs is 1. The van der Waals surface area contributed by atoms with E-state index in [1.54, 1.807) is 13.8 Å². The van der Waals surface area contributed by atoms with Gasteiger partial charge in [-0.1, -0.05) is 6.07 Å². The summed E-state index contributed by atoms with van der Waals surface area (Å²) in [7, 11) is 0. The summed E-state index contributed by atoms with van der Waals surface area (Å²) in [6, 6.07) is 3.31. The molecule has 0 saturated heterocycles. The molecule has 3 rings (SSSR count). The van der Waals surface area contributed by atoms with E-state index in [-0.39, 0.29) is 25.7 Å². The van der Waals surface area contributed by atoms with Crippen molar-refractivity contribution in [3.05, 3.63) is 23.4 Å². The Morgan fingerprint density at radius 2 is 2.13 bits per heavy atom. The molecule has 0 spiro atoms. The number of nitrogens with zero attached hydrogens (tertiary/aromatic N) is 1. The fourth-order valence-corrected chi connectivity index (χ4v) is 3.94. The molecule has 1 amide bonds. The zero-order chi connectivity index (χ0) is 22.4. The number of aliphatic hydroxyl groups is 1. The van der Waals surface area contributed by atoms with Gasteiger partial charge in [0, 0.05) is 25.3 Å². The number of anilines is 1. The number of aliphatic carboxylic acids is 1.